The van der Waals surface area contributed by atoms with Crippen LogP contribution in [0.25, 0.3) is 6.08 Å². The molecule has 1 aliphatic heterocycles. The van der Waals surface area contributed by atoms with Gasteiger partial charge >= 0.3 is 0 Å². The number of pyridine rings is 2. The maximum absolute atomic E-state index is 13.3. The number of hydrogen-bond acceptors (Lipinski definition) is 5. The fourth-order valence-electron chi connectivity index (χ4n) is 2.96. The second-order valence-corrected chi connectivity index (χ2v) is 7.84. The topological polar surface area (TPSA) is 80.2 Å². The van der Waals surface area contributed by atoms with E-state index in [2.05, 4.69) is 9.97 Å². The average Bonchev–Trinajstić information content (AvgIpc) is 2.71. The van der Waals surface area contributed by atoms with Gasteiger partial charge in [-0.25, -0.2) is 8.42 Å². The van der Waals surface area contributed by atoms with Crippen LogP contribution in [0.3, 0.4) is 0 Å². The molecule has 0 amide bonds. The van der Waals surface area contributed by atoms with Gasteiger partial charge in [0, 0.05) is 30.4 Å². The Morgan fingerprint density at radius 1 is 0.926 bits per heavy atom. The van der Waals surface area contributed by atoms with Gasteiger partial charge in [0.05, 0.1) is 11.4 Å². The zero-order valence-electron chi connectivity index (χ0n) is 14.2. The van der Waals surface area contributed by atoms with Crippen LogP contribution in [-0.4, -0.2) is 28.5 Å². The number of ketones is 1. The Morgan fingerprint density at radius 3 is 2.37 bits per heavy atom. The van der Waals surface area contributed by atoms with Crippen LogP contribution in [0.5, 0.6) is 0 Å². The molecule has 6 nitrogen and oxygen atoms in total. The Labute approximate surface area is 156 Å². The minimum atomic E-state index is -3.89. The lowest BCUT2D eigenvalue weighted by Crippen LogP contribution is -2.38. The molecule has 0 fully saturated rings. The third-order valence-electron chi connectivity index (χ3n) is 4.24. The van der Waals surface area contributed by atoms with Gasteiger partial charge in [0.25, 0.3) is 10.0 Å². The maximum Gasteiger partial charge on any atom is 0.265 e. The first kappa shape index (κ1) is 17.1. The molecule has 0 atom stereocenters. The molecule has 0 saturated carbocycles. The van der Waals surface area contributed by atoms with Crippen molar-refractivity contribution in [3.05, 3.63) is 95.7 Å². The third kappa shape index (κ3) is 3.13. The summed E-state index contributed by atoms with van der Waals surface area (Å²) in [7, 11) is -3.89. The molecule has 4 rings (SSSR count). The summed E-state index contributed by atoms with van der Waals surface area (Å²) in [5.74, 6) is -0.340. The van der Waals surface area contributed by atoms with Gasteiger partial charge < -0.3 is 0 Å². The van der Waals surface area contributed by atoms with Crippen molar-refractivity contribution < 1.29 is 13.2 Å². The van der Waals surface area contributed by atoms with Crippen molar-refractivity contribution in [3.8, 4) is 0 Å². The first-order valence-electron chi connectivity index (χ1n) is 8.24. The second-order valence-electron chi connectivity index (χ2n) is 6.01. The number of allylic oxidation sites excluding steroid dienone is 1. The first-order valence-corrected chi connectivity index (χ1v) is 9.68. The number of aromatic nitrogens is 2. The van der Waals surface area contributed by atoms with E-state index in [0.29, 0.717) is 11.1 Å². The standard InChI is InChI=1S/C20H15N3O3S/c24-20-17-7-1-2-8-19(17)27(25,26)23(14-16-6-4-10-22-13-16)18(20)11-15-5-3-9-21-12-15/h1-13H,14H2/b18-11+. The highest BCUT2D eigenvalue weighted by atomic mass is 32.2. The summed E-state index contributed by atoms with van der Waals surface area (Å²) in [5.41, 5.74) is 1.59. The van der Waals surface area contributed by atoms with Crippen molar-refractivity contribution >= 4 is 21.9 Å². The molecule has 0 spiro atoms. The molecule has 0 radical (unpaired) electrons. The molecule has 3 heterocycles. The monoisotopic (exact) mass is 377 g/mol. The minimum absolute atomic E-state index is 0.0160. The van der Waals surface area contributed by atoms with Crippen molar-refractivity contribution in [2.75, 3.05) is 0 Å². The molecule has 0 unspecified atom stereocenters. The summed E-state index contributed by atoms with van der Waals surface area (Å²) in [5, 5.41) is 0. The number of benzene rings is 1. The number of carbonyl (C=O) groups is 1. The van der Waals surface area contributed by atoms with Crippen LogP contribution in [0.1, 0.15) is 21.5 Å². The van der Waals surface area contributed by atoms with E-state index in [4.69, 9.17) is 0 Å². The number of Topliss-reactive ketones (excluding diaryl/α,β-unsaturated/α-hetero) is 1. The smallest absolute Gasteiger partial charge is 0.265 e. The fourth-order valence-corrected chi connectivity index (χ4v) is 4.60. The molecule has 134 valence electrons. The molecule has 0 bridgehead atoms. The first-order chi connectivity index (χ1) is 13.1. The zero-order valence-corrected chi connectivity index (χ0v) is 15.0. The summed E-state index contributed by atoms with van der Waals surface area (Å²) in [6.07, 6.45) is 7.95. The average molecular weight is 377 g/mol. The van der Waals surface area contributed by atoms with E-state index in [1.807, 2.05) is 0 Å². The lowest BCUT2D eigenvalue weighted by Gasteiger charge is -2.31. The number of rotatable bonds is 3. The van der Waals surface area contributed by atoms with Crippen LogP contribution in [0.4, 0.5) is 0 Å². The molecular formula is C20H15N3O3S. The summed E-state index contributed by atoms with van der Waals surface area (Å²) < 4.78 is 27.6. The van der Waals surface area contributed by atoms with Gasteiger partial charge in [-0.05, 0) is 41.5 Å². The molecule has 0 saturated heterocycles. The Bertz CT molecular complexity index is 1130. The Kier molecular flexibility index (Phi) is 4.29. The largest absolute Gasteiger partial charge is 0.287 e. The van der Waals surface area contributed by atoms with Crippen molar-refractivity contribution in [3.63, 3.8) is 0 Å². The molecule has 2 aromatic heterocycles. The highest BCUT2D eigenvalue weighted by Gasteiger charge is 2.39. The molecular weight excluding hydrogens is 362 g/mol. The maximum atomic E-state index is 13.3. The van der Waals surface area contributed by atoms with Gasteiger partial charge in [-0.15, -0.1) is 0 Å². The number of hydrogen-bond donors (Lipinski definition) is 0. The van der Waals surface area contributed by atoms with E-state index >= 15 is 0 Å². The quantitative estimate of drug-likeness (QED) is 0.656. The lowest BCUT2D eigenvalue weighted by molar-refractivity contribution is 0.100. The van der Waals surface area contributed by atoms with Crippen molar-refractivity contribution in [2.24, 2.45) is 0 Å². The molecule has 1 aromatic carbocycles. The third-order valence-corrected chi connectivity index (χ3v) is 6.06. The van der Waals surface area contributed by atoms with E-state index < -0.39 is 10.0 Å². The van der Waals surface area contributed by atoms with Crippen LogP contribution in [0.15, 0.2) is 83.9 Å². The van der Waals surface area contributed by atoms with Gasteiger partial charge in [-0.1, -0.05) is 24.3 Å². The van der Waals surface area contributed by atoms with Gasteiger partial charge in [-0.3, -0.25) is 19.1 Å². The summed E-state index contributed by atoms with van der Waals surface area (Å²) >= 11 is 0. The normalized spacial score (nSPS) is 17.0. The zero-order chi connectivity index (χ0) is 18.9. The van der Waals surface area contributed by atoms with Crippen LogP contribution in [0, 0.1) is 0 Å². The number of fused-ring (bicyclic) bond motifs is 1. The van der Waals surface area contributed by atoms with Gasteiger partial charge in [0.2, 0.25) is 5.78 Å². The van der Waals surface area contributed by atoms with E-state index in [1.54, 1.807) is 67.3 Å². The van der Waals surface area contributed by atoms with Gasteiger partial charge in [0.1, 0.15) is 5.70 Å². The Morgan fingerprint density at radius 2 is 1.67 bits per heavy atom. The predicted molar refractivity (Wildman–Crippen MR) is 100.0 cm³/mol. The fraction of sp³-hybridized carbons (Fsp3) is 0.0500. The summed E-state index contributed by atoms with van der Waals surface area (Å²) in [4.78, 5) is 21.2. The number of nitrogens with zero attached hydrogens (tertiary/aromatic N) is 3. The van der Waals surface area contributed by atoms with Crippen molar-refractivity contribution in [1.82, 2.24) is 14.3 Å². The van der Waals surface area contributed by atoms with Crippen molar-refractivity contribution in [1.29, 1.82) is 0 Å². The highest BCUT2D eigenvalue weighted by molar-refractivity contribution is 7.89. The van der Waals surface area contributed by atoms with E-state index in [-0.39, 0.29) is 28.5 Å². The molecule has 0 N–H and O–H groups in total. The van der Waals surface area contributed by atoms with E-state index in [1.165, 1.54) is 12.1 Å². The minimum Gasteiger partial charge on any atom is -0.287 e. The number of carbonyl (C=O) groups excluding carboxylic acids is 1. The summed E-state index contributed by atoms with van der Waals surface area (Å²) in [6, 6.07) is 13.3. The van der Waals surface area contributed by atoms with Crippen LogP contribution >= 0.6 is 0 Å². The van der Waals surface area contributed by atoms with E-state index in [0.717, 1.165) is 4.31 Å². The van der Waals surface area contributed by atoms with Crippen molar-refractivity contribution in [2.45, 2.75) is 11.4 Å². The summed E-state index contributed by atoms with van der Waals surface area (Å²) in [6.45, 7) is 0.0162. The predicted octanol–water partition coefficient (Wildman–Crippen LogP) is 2.90. The second kappa shape index (κ2) is 6.77. The number of sulfonamides is 1. The molecule has 3 aromatic rings. The van der Waals surface area contributed by atoms with Crippen LogP contribution in [-0.2, 0) is 16.6 Å². The SMILES string of the molecule is O=C1/C(=C\c2cccnc2)N(Cc2cccnc2)S(=O)(=O)c2ccccc21. The molecule has 0 aliphatic carbocycles. The van der Waals surface area contributed by atoms with Crippen LogP contribution in [0.2, 0.25) is 0 Å². The van der Waals surface area contributed by atoms with Gasteiger partial charge in [0.15, 0.2) is 0 Å². The van der Waals surface area contributed by atoms with Crippen LogP contribution < -0.4 is 0 Å². The highest BCUT2D eigenvalue weighted by Crippen LogP contribution is 2.34. The Balaban J connectivity index is 1.91. The van der Waals surface area contributed by atoms with Gasteiger partial charge in [-0.2, -0.15) is 0 Å². The molecule has 1 aliphatic rings. The Hall–Kier alpha value is -3.32. The lowest BCUT2D eigenvalue weighted by atomic mass is 10.1. The van der Waals surface area contributed by atoms with E-state index in [9.17, 15) is 13.2 Å². The molecule has 27 heavy (non-hydrogen) atoms. The molecule has 7 heteroatoms.